The topological polar surface area (TPSA) is 108 Å². The Balaban J connectivity index is 1.48. The molecule has 2 fully saturated rings. The molecule has 32 heavy (non-hydrogen) atoms. The van der Waals surface area contributed by atoms with Gasteiger partial charge in [-0.25, -0.2) is 9.37 Å². The van der Waals surface area contributed by atoms with Gasteiger partial charge in [-0.15, -0.1) is 0 Å². The standard InChI is InChI=1S/C21H22FN5O4S/c22-18-11-14(1-4-19(18)25-32(29,30)26-7-9-31-10-8-26)17-12-20(27(13-28)15-2-3-15)24-21-16(17)5-6-23-21/h1,4-6,11-13,15,25H,2-3,7-10H2,(H,23,24). The van der Waals surface area contributed by atoms with Gasteiger partial charge in [0.15, 0.2) is 0 Å². The molecule has 1 amide bonds. The molecule has 1 aromatic carbocycles. The van der Waals surface area contributed by atoms with Crippen LogP contribution in [0.1, 0.15) is 12.8 Å². The van der Waals surface area contributed by atoms with E-state index in [9.17, 15) is 17.6 Å². The van der Waals surface area contributed by atoms with E-state index in [4.69, 9.17) is 4.74 Å². The first-order valence-corrected chi connectivity index (χ1v) is 11.8. The van der Waals surface area contributed by atoms with Crippen molar-refractivity contribution in [2.45, 2.75) is 18.9 Å². The van der Waals surface area contributed by atoms with Gasteiger partial charge in [-0.05, 0) is 48.2 Å². The molecular weight excluding hydrogens is 437 g/mol. The number of anilines is 2. The van der Waals surface area contributed by atoms with Crippen molar-refractivity contribution >= 4 is 39.2 Å². The summed E-state index contributed by atoms with van der Waals surface area (Å²) in [5, 5.41) is 0.774. The van der Waals surface area contributed by atoms with Gasteiger partial charge in [-0.2, -0.15) is 12.7 Å². The Morgan fingerprint density at radius 2 is 2.00 bits per heavy atom. The zero-order chi connectivity index (χ0) is 22.3. The molecule has 9 nitrogen and oxygen atoms in total. The number of halogens is 1. The SMILES string of the molecule is O=CN(c1cc(-c2ccc(NS(=O)(=O)N3CCOCC3)c(F)c2)c2cc[nH]c2n1)C1CC1. The van der Waals surface area contributed by atoms with Gasteiger partial charge >= 0.3 is 10.2 Å². The summed E-state index contributed by atoms with van der Waals surface area (Å²) in [4.78, 5) is 20.8. The van der Waals surface area contributed by atoms with Crippen LogP contribution < -0.4 is 9.62 Å². The van der Waals surface area contributed by atoms with Crippen molar-refractivity contribution in [1.82, 2.24) is 14.3 Å². The van der Waals surface area contributed by atoms with Crippen molar-refractivity contribution in [2.24, 2.45) is 0 Å². The zero-order valence-corrected chi connectivity index (χ0v) is 17.9. The fourth-order valence-electron chi connectivity index (χ4n) is 3.83. The summed E-state index contributed by atoms with van der Waals surface area (Å²) in [5.41, 5.74) is 1.70. The molecule has 1 saturated carbocycles. The second kappa shape index (κ2) is 8.15. The van der Waals surface area contributed by atoms with E-state index in [0.29, 0.717) is 35.8 Å². The van der Waals surface area contributed by atoms with Crippen molar-refractivity contribution in [3.8, 4) is 11.1 Å². The number of morpholine rings is 1. The zero-order valence-electron chi connectivity index (χ0n) is 17.1. The van der Waals surface area contributed by atoms with Crippen molar-refractivity contribution in [3.05, 3.63) is 42.3 Å². The Bertz CT molecular complexity index is 1270. The first-order chi connectivity index (χ1) is 15.5. The van der Waals surface area contributed by atoms with Crippen LogP contribution in [0.25, 0.3) is 22.2 Å². The number of ether oxygens (including phenoxy) is 1. The lowest BCUT2D eigenvalue weighted by atomic mass is 10.0. The molecule has 1 aliphatic carbocycles. The second-order valence-corrected chi connectivity index (χ2v) is 9.50. The van der Waals surface area contributed by atoms with Gasteiger partial charge in [0, 0.05) is 30.7 Å². The molecule has 0 radical (unpaired) electrons. The van der Waals surface area contributed by atoms with Crippen LogP contribution in [0, 0.1) is 5.82 Å². The van der Waals surface area contributed by atoms with E-state index in [2.05, 4.69) is 14.7 Å². The molecule has 2 aromatic heterocycles. The van der Waals surface area contributed by atoms with Crippen LogP contribution in [0.3, 0.4) is 0 Å². The minimum Gasteiger partial charge on any atom is -0.379 e. The Labute approximate surface area is 184 Å². The van der Waals surface area contributed by atoms with E-state index in [1.807, 2.05) is 6.07 Å². The Morgan fingerprint density at radius 1 is 1.22 bits per heavy atom. The number of nitrogens with zero attached hydrogens (tertiary/aromatic N) is 3. The van der Waals surface area contributed by atoms with Crippen LogP contribution in [0.2, 0.25) is 0 Å². The lowest BCUT2D eigenvalue weighted by Crippen LogP contribution is -2.43. The Hall–Kier alpha value is -3.02. The number of hydrogen-bond acceptors (Lipinski definition) is 5. The number of hydrogen-bond donors (Lipinski definition) is 2. The molecular formula is C21H22FN5O4S. The minimum absolute atomic E-state index is 0.132. The highest BCUT2D eigenvalue weighted by atomic mass is 32.2. The number of H-pyrrole nitrogens is 1. The molecule has 2 N–H and O–H groups in total. The number of fused-ring (bicyclic) bond motifs is 1. The molecule has 1 aliphatic heterocycles. The first kappa shape index (κ1) is 20.9. The van der Waals surface area contributed by atoms with Gasteiger partial charge in [0.25, 0.3) is 0 Å². The lowest BCUT2D eigenvalue weighted by molar-refractivity contribution is -0.107. The summed E-state index contributed by atoms with van der Waals surface area (Å²) in [6, 6.07) is 8.05. The molecule has 1 saturated heterocycles. The quantitative estimate of drug-likeness (QED) is 0.528. The monoisotopic (exact) mass is 459 g/mol. The molecule has 3 aromatic rings. The summed E-state index contributed by atoms with van der Waals surface area (Å²) in [5.74, 6) is -0.208. The minimum atomic E-state index is -3.88. The predicted octanol–water partition coefficient (Wildman–Crippen LogP) is 2.48. The highest BCUT2D eigenvalue weighted by molar-refractivity contribution is 7.90. The first-order valence-electron chi connectivity index (χ1n) is 10.3. The van der Waals surface area contributed by atoms with E-state index in [-0.39, 0.29) is 24.8 Å². The van der Waals surface area contributed by atoms with Crippen molar-refractivity contribution in [3.63, 3.8) is 0 Å². The molecule has 2 aliphatic rings. The summed E-state index contributed by atoms with van der Waals surface area (Å²) >= 11 is 0. The summed E-state index contributed by atoms with van der Waals surface area (Å²) in [6.07, 6.45) is 4.34. The average molecular weight is 460 g/mol. The predicted molar refractivity (Wildman–Crippen MR) is 118 cm³/mol. The molecule has 0 atom stereocenters. The van der Waals surface area contributed by atoms with Gasteiger partial charge < -0.3 is 9.72 Å². The van der Waals surface area contributed by atoms with Gasteiger partial charge in [0.1, 0.15) is 17.3 Å². The van der Waals surface area contributed by atoms with Gasteiger partial charge in [-0.1, -0.05) is 6.07 Å². The second-order valence-electron chi connectivity index (χ2n) is 7.82. The van der Waals surface area contributed by atoms with Gasteiger partial charge in [-0.3, -0.25) is 14.4 Å². The summed E-state index contributed by atoms with van der Waals surface area (Å²) < 4.78 is 48.8. The van der Waals surface area contributed by atoms with Crippen LogP contribution in [0.5, 0.6) is 0 Å². The molecule has 11 heteroatoms. The third kappa shape index (κ3) is 3.94. The van der Waals surface area contributed by atoms with E-state index >= 15 is 0 Å². The molecule has 168 valence electrons. The van der Waals surface area contributed by atoms with Crippen LogP contribution >= 0.6 is 0 Å². The third-order valence-electron chi connectivity index (χ3n) is 5.66. The van der Waals surface area contributed by atoms with Crippen molar-refractivity contribution < 1.29 is 22.3 Å². The number of pyridine rings is 1. The largest absolute Gasteiger partial charge is 0.379 e. The van der Waals surface area contributed by atoms with Crippen LogP contribution in [-0.4, -0.2) is 61.4 Å². The fourth-order valence-corrected chi connectivity index (χ4v) is 5.03. The smallest absolute Gasteiger partial charge is 0.301 e. The number of nitrogens with one attached hydrogen (secondary N) is 2. The number of aromatic nitrogens is 2. The Kier molecular flexibility index (Phi) is 5.31. The van der Waals surface area contributed by atoms with E-state index in [1.165, 1.54) is 16.4 Å². The van der Waals surface area contributed by atoms with E-state index in [0.717, 1.165) is 24.6 Å². The van der Waals surface area contributed by atoms with Crippen LogP contribution in [0.4, 0.5) is 15.9 Å². The number of carbonyl (C=O) groups excluding carboxylic acids is 1. The van der Waals surface area contributed by atoms with E-state index < -0.39 is 16.0 Å². The maximum Gasteiger partial charge on any atom is 0.301 e. The van der Waals surface area contributed by atoms with Crippen molar-refractivity contribution in [1.29, 1.82) is 0 Å². The number of amides is 1. The lowest BCUT2D eigenvalue weighted by Gasteiger charge is -2.26. The normalized spacial score (nSPS) is 17.4. The number of benzene rings is 1. The summed E-state index contributed by atoms with van der Waals surface area (Å²) in [6.45, 7) is 1.04. The van der Waals surface area contributed by atoms with Crippen LogP contribution in [0.15, 0.2) is 36.5 Å². The molecule has 0 spiro atoms. The number of rotatable bonds is 7. The number of carbonyl (C=O) groups is 1. The maximum absolute atomic E-state index is 15.0. The highest BCUT2D eigenvalue weighted by Crippen LogP contribution is 2.36. The average Bonchev–Trinajstić information content (AvgIpc) is 3.51. The number of aromatic amines is 1. The van der Waals surface area contributed by atoms with E-state index in [1.54, 1.807) is 23.2 Å². The highest BCUT2D eigenvalue weighted by Gasteiger charge is 2.31. The molecule has 0 unspecified atom stereocenters. The molecule has 0 bridgehead atoms. The molecule has 5 rings (SSSR count). The third-order valence-corrected chi connectivity index (χ3v) is 7.19. The van der Waals surface area contributed by atoms with Gasteiger partial charge in [0.2, 0.25) is 6.41 Å². The van der Waals surface area contributed by atoms with Crippen molar-refractivity contribution in [2.75, 3.05) is 35.9 Å². The van der Waals surface area contributed by atoms with Gasteiger partial charge in [0.05, 0.1) is 18.9 Å². The Morgan fingerprint density at radius 3 is 2.69 bits per heavy atom. The maximum atomic E-state index is 15.0. The molecule has 3 heterocycles. The fraction of sp³-hybridized carbons (Fsp3) is 0.333. The van der Waals surface area contributed by atoms with Crippen LogP contribution in [-0.2, 0) is 19.7 Å². The summed E-state index contributed by atoms with van der Waals surface area (Å²) in [7, 11) is -3.88.